The molecule has 6 heteroatoms. The fourth-order valence-corrected chi connectivity index (χ4v) is 2.26. The number of ether oxygens (including phenoxy) is 1. The molecule has 1 aromatic carbocycles. The second-order valence-electron chi connectivity index (χ2n) is 3.76. The lowest BCUT2D eigenvalue weighted by atomic mass is 10.3. The summed E-state index contributed by atoms with van der Waals surface area (Å²) in [5, 5.41) is 11.9. The van der Waals surface area contributed by atoms with Crippen molar-refractivity contribution >= 4 is 29.3 Å². The Hall–Kier alpha value is -0.910. The maximum absolute atomic E-state index is 11.5. The molecule has 0 atom stereocenters. The van der Waals surface area contributed by atoms with Gasteiger partial charge in [0.1, 0.15) is 5.75 Å². The second kappa shape index (κ2) is 9.95. The average Bonchev–Trinajstić information content (AvgIpc) is 2.42. The first-order chi connectivity index (χ1) is 9.24. The van der Waals surface area contributed by atoms with E-state index >= 15 is 0 Å². The zero-order valence-electron chi connectivity index (χ0n) is 10.6. The van der Waals surface area contributed by atoms with Gasteiger partial charge in [0.05, 0.1) is 5.02 Å². The Kier molecular flexibility index (Phi) is 8.45. The third-order valence-corrected chi connectivity index (χ3v) is 3.59. The summed E-state index contributed by atoms with van der Waals surface area (Å²) in [4.78, 5) is 11.5. The topological polar surface area (TPSA) is 58.6 Å². The highest BCUT2D eigenvalue weighted by Crippen LogP contribution is 2.22. The van der Waals surface area contributed by atoms with Gasteiger partial charge in [-0.25, -0.2) is 0 Å². The molecule has 1 rings (SSSR count). The average molecular weight is 304 g/mol. The molecular formula is C13H18ClNO3S. The molecule has 0 fully saturated rings. The van der Waals surface area contributed by atoms with Gasteiger partial charge in [0.2, 0.25) is 0 Å². The van der Waals surface area contributed by atoms with Gasteiger partial charge in [-0.2, -0.15) is 11.8 Å². The van der Waals surface area contributed by atoms with Crippen LogP contribution in [0.15, 0.2) is 24.3 Å². The number of halogens is 1. The van der Waals surface area contributed by atoms with Crippen molar-refractivity contribution in [3.05, 3.63) is 29.3 Å². The van der Waals surface area contributed by atoms with E-state index in [4.69, 9.17) is 21.4 Å². The second-order valence-corrected chi connectivity index (χ2v) is 5.39. The third kappa shape index (κ3) is 7.30. The van der Waals surface area contributed by atoms with E-state index in [0.29, 0.717) is 17.3 Å². The van der Waals surface area contributed by atoms with Gasteiger partial charge < -0.3 is 15.2 Å². The number of amides is 1. The summed E-state index contributed by atoms with van der Waals surface area (Å²) in [6.07, 6.45) is 0.786. The smallest absolute Gasteiger partial charge is 0.257 e. The Balaban J connectivity index is 2.10. The molecule has 0 radical (unpaired) electrons. The van der Waals surface area contributed by atoms with Gasteiger partial charge >= 0.3 is 0 Å². The van der Waals surface area contributed by atoms with Crippen molar-refractivity contribution in [3.8, 4) is 5.75 Å². The molecule has 106 valence electrons. The molecule has 0 aliphatic carbocycles. The lowest BCUT2D eigenvalue weighted by molar-refractivity contribution is -0.122. The van der Waals surface area contributed by atoms with Crippen LogP contribution >= 0.6 is 23.4 Å². The van der Waals surface area contributed by atoms with E-state index in [1.54, 1.807) is 36.0 Å². The SMILES string of the molecule is O=C(COc1ccccc1Cl)NCCSCCCO. The van der Waals surface area contributed by atoms with Crippen molar-refractivity contribution in [2.45, 2.75) is 6.42 Å². The van der Waals surface area contributed by atoms with E-state index in [0.717, 1.165) is 17.9 Å². The largest absolute Gasteiger partial charge is 0.482 e. The minimum atomic E-state index is -0.164. The Morgan fingerprint density at radius 1 is 1.37 bits per heavy atom. The summed E-state index contributed by atoms with van der Waals surface area (Å²) in [7, 11) is 0. The van der Waals surface area contributed by atoms with Crippen molar-refractivity contribution in [3.63, 3.8) is 0 Å². The summed E-state index contributed by atoms with van der Waals surface area (Å²) in [6.45, 7) is 0.775. The molecule has 4 nitrogen and oxygen atoms in total. The zero-order chi connectivity index (χ0) is 13.9. The monoisotopic (exact) mass is 303 g/mol. The molecule has 0 saturated heterocycles. The van der Waals surface area contributed by atoms with Crippen LogP contribution in [0.1, 0.15) is 6.42 Å². The molecule has 19 heavy (non-hydrogen) atoms. The number of thioether (sulfide) groups is 1. The number of aliphatic hydroxyl groups is 1. The number of nitrogens with one attached hydrogen (secondary N) is 1. The summed E-state index contributed by atoms with van der Waals surface area (Å²) < 4.78 is 5.31. The molecule has 2 N–H and O–H groups in total. The van der Waals surface area contributed by atoms with E-state index in [9.17, 15) is 4.79 Å². The van der Waals surface area contributed by atoms with E-state index in [1.807, 2.05) is 0 Å². The van der Waals surface area contributed by atoms with Crippen LogP contribution in [0.2, 0.25) is 5.02 Å². The highest BCUT2D eigenvalue weighted by Gasteiger charge is 2.04. The van der Waals surface area contributed by atoms with Crippen molar-refractivity contribution in [2.24, 2.45) is 0 Å². The van der Waals surface area contributed by atoms with Gasteiger partial charge in [0.25, 0.3) is 5.91 Å². The number of carbonyl (C=O) groups is 1. The Morgan fingerprint density at radius 3 is 2.89 bits per heavy atom. The highest BCUT2D eigenvalue weighted by molar-refractivity contribution is 7.99. The minimum absolute atomic E-state index is 0.0367. The molecule has 0 unspecified atom stereocenters. The number of carbonyl (C=O) groups excluding carboxylic acids is 1. The summed E-state index contributed by atoms with van der Waals surface area (Å²) >= 11 is 7.60. The minimum Gasteiger partial charge on any atom is -0.482 e. The highest BCUT2D eigenvalue weighted by atomic mass is 35.5. The maximum atomic E-state index is 11.5. The Bertz CT molecular complexity index is 390. The van der Waals surface area contributed by atoms with Crippen LogP contribution < -0.4 is 10.1 Å². The fraction of sp³-hybridized carbons (Fsp3) is 0.462. The molecule has 1 aromatic rings. The zero-order valence-corrected chi connectivity index (χ0v) is 12.2. The molecule has 0 heterocycles. The predicted octanol–water partition coefficient (Wildman–Crippen LogP) is 1.95. The maximum Gasteiger partial charge on any atom is 0.257 e. The van der Waals surface area contributed by atoms with Crippen molar-refractivity contribution in [1.29, 1.82) is 0 Å². The Morgan fingerprint density at radius 2 is 2.16 bits per heavy atom. The fourth-order valence-electron chi connectivity index (χ4n) is 1.29. The third-order valence-electron chi connectivity index (χ3n) is 2.21. The Labute approximate surface area is 122 Å². The van der Waals surface area contributed by atoms with Crippen molar-refractivity contribution in [2.75, 3.05) is 31.3 Å². The normalized spacial score (nSPS) is 10.2. The predicted molar refractivity (Wildman–Crippen MR) is 79.0 cm³/mol. The number of benzene rings is 1. The van der Waals surface area contributed by atoms with E-state index < -0.39 is 0 Å². The van der Waals surface area contributed by atoms with E-state index in [-0.39, 0.29) is 19.1 Å². The van der Waals surface area contributed by atoms with E-state index in [1.165, 1.54) is 0 Å². The van der Waals surface area contributed by atoms with Crippen LogP contribution in [0.3, 0.4) is 0 Å². The summed E-state index contributed by atoms with van der Waals surface area (Å²) in [5.74, 6) is 2.08. The van der Waals surface area contributed by atoms with Crippen LogP contribution in [0, 0.1) is 0 Å². The quantitative estimate of drug-likeness (QED) is 0.685. The number of hydrogen-bond donors (Lipinski definition) is 2. The number of para-hydroxylation sites is 1. The summed E-state index contributed by atoms with van der Waals surface area (Å²) in [6, 6.07) is 7.04. The molecule has 0 aliphatic heterocycles. The summed E-state index contributed by atoms with van der Waals surface area (Å²) in [5.41, 5.74) is 0. The molecule has 0 bridgehead atoms. The molecule has 0 saturated carbocycles. The van der Waals surface area contributed by atoms with Crippen LogP contribution in [-0.4, -0.2) is 42.3 Å². The van der Waals surface area contributed by atoms with Crippen LogP contribution in [0.4, 0.5) is 0 Å². The lowest BCUT2D eigenvalue weighted by Gasteiger charge is -2.08. The van der Waals surface area contributed by atoms with Crippen molar-refractivity contribution < 1.29 is 14.6 Å². The van der Waals surface area contributed by atoms with Crippen LogP contribution in [0.25, 0.3) is 0 Å². The van der Waals surface area contributed by atoms with Gasteiger partial charge in [-0.05, 0) is 24.3 Å². The molecule has 0 spiro atoms. The van der Waals surface area contributed by atoms with Crippen molar-refractivity contribution in [1.82, 2.24) is 5.32 Å². The van der Waals surface area contributed by atoms with Gasteiger partial charge in [0.15, 0.2) is 6.61 Å². The first-order valence-corrected chi connectivity index (χ1v) is 7.60. The van der Waals surface area contributed by atoms with Crippen LogP contribution in [0.5, 0.6) is 5.75 Å². The standard InChI is InChI=1S/C13H18ClNO3S/c14-11-4-1-2-5-12(11)18-10-13(17)15-6-9-19-8-3-7-16/h1-2,4-5,16H,3,6-10H2,(H,15,17). The first kappa shape index (κ1) is 16.1. The molecule has 0 aromatic heterocycles. The number of aliphatic hydroxyl groups excluding tert-OH is 1. The van der Waals surface area contributed by atoms with Gasteiger partial charge in [0, 0.05) is 18.9 Å². The number of rotatable bonds is 9. The molecule has 0 aliphatic rings. The first-order valence-electron chi connectivity index (χ1n) is 6.06. The lowest BCUT2D eigenvalue weighted by Crippen LogP contribution is -2.30. The van der Waals surface area contributed by atoms with Gasteiger partial charge in [-0.3, -0.25) is 4.79 Å². The molecular weight excluding hydrogens is 286 g/mol. The van der Waals surface area contributed by atoms with E-state index in [2.05, 4.69) is 5.32 Å². The molecule has 1 amide bonds. The number of hydrogen-bond acceptors (Lipinski definition) is 4. The van der Waals surface area contributed by atoms with Gasteiger partial charge in [-0.1, -0.05) is 23.7 Å². The van der Waals surface area contributed by atoms with Gasteiger partial charge in [-0.15, -0.1) is 0 Å². The van der Waals surface area contributed by atoms with Crippen LogP contribution in [-0.2, 0) is 4.79 Å².